The van der Waals surface area contributed by atoms with Gasteiger partial charge in [-0.1, -0.05) is 12.1 Å². The number of rotatable bonds is 3. The quantitative estimate of drug-likeness (QED) is 0.850. The van der Waals surface area contributed by atoms with E-state index < -0.39 is 21.1 Å². The number of hydrogen-bond donors (Lipinski definition) is 1. The first-order chi connectivity index (χ1) is 6.82. The van der Waals surface area contributed by atoms with Crippen LogP contribution in [0.3, 0.4) is 0 Å². The zero-order valence-corrected chi connectivity index (χ0v) is 9.28. The van der Waals surface area contributed by atoms with E-state index >= 15 is 0 Å². The van der Waals surface area contributed by atoms with Crippen LogP contribution >= 0.6 is 0 Å². The molecule has 82 valence electrons. The van der Waals surface area contributed by atoms with E-state index in [1.54, 1.807) is 6.92 Å². The molecule has 0 saturated heterocycles. The standard InChI is InChI=1S/C10H12O4S/c1-7(15(2,13)14)8-3-5-9(6-4-8)10(11)12/h3-7H,1-2H3,(H,11,12). The van der Waals surface area contributed by atoms with Gasteiger partial charge in [-0.3, -0.25) is 0 Å². The number of sulfone groups is 1. The van der Waals surface area contributed by atoms with E-state index in [0.29, 0.717) is 5.56 Å². The molecule has 0 aromatic heterocycles. The highest BCUT2D eigenvalue weighted by atomic mass is 32.2. The summed E-state index contributed by atoms with van der Waals surface area (Å²) in [4.78, 5) is 10.6. The van der Waals surface area contributed by atoms with Crippen LogP contribution in [0.5, 0.6) is 0 Å². The Labute approximate surface area is 88.5 Å². The Balaban J connectivity index is 3.05. The monoisotopic (exact) mass is 228 g/mol. The van der Waals surface area contributed by atoms with E-state index in [1.165, 1.54) is 24.3 Å². The van der Waals surface area contributed by atoms with Crippen molar-refractivity contribution in [2.45, 2.75) is 12.2 Å². The largest absolute Gasteiger partial charge is 0.478 e. The highest BCUT2D eigenvalue weighted by Gasteiger charge is 2.17. The molecule has 1 aromatic rings. The summed E-state index contributed by atoms with van der Waals surface area (Å²) in [5.74, 6) is -1.02. The van der Waals surface area contributed by atoms with Gasteiger partial charge >= 0.3 is 5.97 Å². The molecule has 1 rings (SSSR count). The molecule has 1 N–H and O–H groups in total. The summed E-state index contributed by atoms with van der Waals surface area (Å²) in [6.07, 6.45) is 1.16. The van der Waals surface area contributed by atoms with Crippen molar-refractivity contribution in [2.75, 3.05) is 6.26 Å². The topological polar surface area (TPSA) is 71.4 Å². The molecular formula is C10H12O4S. The highest BCUT2D eigenvalue weighted by Crippen LogP contribution is 2.20. The average molecular weight is 228 g/mol. The Bertz CT molecular complexity index is 459. The van der Waals surface area contributed by atoms with Crippen LogP contribution in [0.1, 0.15) is 28.1 Å². The molecule has 0 aliphatic carbocycles. The van der Waals surface area contributed by atoms with Crippen molar-refractivity contribution in [1.29, 1.82) is 0 Å². The van der Waals surface area contributed by atoms with Crippen molar-refractivity contribution in [3.63, 3.8) is 0 Å². The Kier molecular flexibility index (Phi) is 3.14. The maximum atomic E-state index is 11.2. The summed E-state index contributed by atoms with van der Waals surface area (Å²) in [5.41, 5.74) is 0.752. The summed E-state index contributed by atoms with van der Waals surface area (Å²) in [7, 11) is -3.14. The lowest BCUT2D eigenvalue weighted by Gasteiger charge is -2.09. The van der Waals surface area contributed by atoms with Crippen molar-refractivity contribution in [3.8, 4) is 0 Å². The predicted octanol–water partition coefficient (Wildman–Crippen LogP) is 1.49. The summed E-state index contributed by atoms with van der Waals surface area (Å²) >= 11 is 0. The second-order valence-electron chi connectivity index (χ2n) is 3.40. The number of benzene rings is 1. The molecule has 0 bridgehead atoms. The van der Waals surface area contributed by atoms with Crippen LogP contribution in [0.15, 0.2) is 24.3 Å². The summed E-state index contributed by atoms with van der Waals surface area (Å²) in [5, 5.41) is 8.05. The van der Waals surface area contributed by atoms with Gasteiger partial charge in [0.05, 0.1) is 10.8 Å². The minimum absolute atomic E-state index is 0.152. The predicted molar refractivity (Wildman–Crippen MR) is 56.7 cm³/mol. The van der Waals surface area contributed by atoms with E-state index in [1.807, 2.05) is 0 Å². The molecule has 0 aliphatic rings. The first-order valence-electron chi connectivity index (χ1n) is 4.34. The molecule has 1 atom stereocenters. The Morgan fingerprint density at radius 3 is 2.07 bits per heavy atom. The van der Waals surface area contributed by atoms with Gasteiger partial charge in [-0.25, -0.2) is 13.2 Å². The lowest BCUT2D eigenvalue weighted by Crippen LogP contribution is -2.08. The van der Waals surface area contributed by atoms with E-state index in [4.69, 9.17) is 5.11 Å². The molecule has 0 radical (unpaired) electrons. The van der Waals surface area contributed by atoms with Gasteiger partial charge in [-0.15, -0.1) is 0 Å². The van der Waals surface area contributed by atoms with E-state index in [9.17, 15) is 13.2 Å². The molecule has 0 amide bonds. The molecule has 5 heteroatoms. The number of carbonyl (C=O) groups is 1. The molecule has 1 aromatic carbocycles. The van der Waals surface area contributed by atoms with Gasteiger partial charge in [0.2, 0.25) is 0 Å². The molecule has 0 aliphatic heterocycles. The third-order valence-corrected chi connectivity index (χ3v) is 3.83. The fourth-order valence-corrected chi connectivity index (χ4v) is 1.80. The maximum Gasteiger partial charge on any atom is 0.335 e. The number of carboxylic acids is 1. The molecule has 1 unspecified atom stereocenters. The molecule has 4 nitrogen and oxygen atoms in total. The first-order valence-corrected chi connectivity index (χ1v) is 6.30. The summed E-state index contributed by atoms with van der Waals surface area (Å²) in [6.45, 7) is 1.57. The van der Waals surface area contributed by atoms with Crippen LogP contribution in [-0.4, -0.2) is 25.7 Å². The summed E-state index contributed by atoms with van der Waals surface area (Å²) < 4.78 is 22.5. The third kappa shape index (κ3) is 2.79. The lowest BCUT2D eigenvalue weighted by atomic mass is 10.1. The molecule has 0 saturated carbocycles. The lowest BCUT2D eigenvalue weighted by molar-refractivity contribution is 0.0697. The second-order valence-corrected chi connectivity index (χ2v) is 5.77. The highest BCUT2D eigenvalue weighted by molar-refractivity contribution is 7.90. The van der Waals surface area contributed by atoms with E-state index in [0.717, 1.165) is 6.26 Å². The van der Waals surface area contributed by atoms with Gasteiger partial charge < -0.3 is 5.11 Å². The normalized spacial score (nSPS) is 13.5. The van der Waals surface area contributed by atoms with Gasteiger partial charge in [-0.05, 0) is 24.6 Å². The van der Waals surface area contributed by atoms with Gasteiger partial charge in [0.1, 0.15) is 0 Å². The molecular weight excluding hydrogens is 216 g/mol. The Hall–Kier alpha value is -1.36. The van der Waals surface area contributed by atoms with Gasteiger partial charge in [0.15, 0.2) is 9.84 Å². The number of aromatic carboxylic acids is 1. The zero-order valence-electron chi connectivity index (χ0n) is 8.47. The van der Waals surface area contributed by atoms with Gasteiger partial charge in [0.25, 0.3) is 0 Å². The van der Waals surface area contributed by atoms with Crippen molar-refractivity contribution in [3.05, 3.63) is 35.4 Å². The van der Waals surface area contributed by atoms with Crippen molar-refractivity contribution >= 4 is 15.8 Å². The third-order valence-electron chi connectivity index (χ3n) is 2.27. The first kappa shape index (κ1) is 11.7. The Morgan fingerprint density at radius 1 is 1.27 bits per heavy atom. The smallest absolute Gasteiger partial charge is 0.335 e. The van der Waals surface area contributed by atoms with E-state index in [2.05, 4.69) is 0 Å². The zero-order chi connectivity index (χ0) is 11.6. The SMILES string of the molecule is CC(c1ccc(C(=O)O)cc1)S(C)(=O)=O. The fraction of sp³-hybridized carbons (Fsp3) is 0.300. The van der Waals surface area contributed by atoms with Crippen molar-refractivity contribution in [1.82, 2.24) is 0 Å². The number of hydrogen-bond acceptors (Lipinski definition) is 3. The minimum Gasteiger partial charge on any atom is -0.478 e. The minimum atomic E-state index is -3.14. The molecule has 0 spiro atoms. The maximum absolute atomic E-state index is 11.2. The van der Waals surface area contributed by atoms with Crippen LogP contribution in [-0.2, 0) is 9.84 Å². The van der Waals surface area contributed by atoms with E-state index in [-0.39, 0.29) is 5.56 Å². The second kappa shape index (κ2) is 4.02. The molecule has 15 heavy (non-hydrogen) atoms. The van der Waals surface area contributed by atoms with Crippen LogP contribution in [0.2, 0.25) is 0 Å². The van der Waals surface area contributed by atoms with Crippen LogP contribution < -0.4 is 0 Å². The van der Waals surface area contributed by atoms with Crippen molar-refractivity contribution < 1.29 is 18.3 Å². The molecule has 0 fully saturated rings. The Morgan fingerprint density at radius 2 is 1.73 bits per heavy atom. The van der Waals surface area contributed by atoms with Crippen LogP contribution in [0.25, 0.3) is 0 Å². The number of carboxylic acid groups (broad SMARTS) is 1. The van der Waals surface area contributed by atoms with Gasteiger partial charge in [-0.2, -0.15) is 0 Å². The fourth-order valence-electron chi connectivity index (χ4n) is 1.14. The van der Waals surface area contributed by atoms with Crippen LogP contribution in [0.4, 0.5) is 0 Å². The van der Waals surface area contributed by atoms with Gasteiger partial charge in [0, 0.05) is 6.26 Å². The molecule has 0 heterocycles. The average Bonchev–Trinajstić information content (AvgIpc) is 2.15. The summed E-state index contributed by atoms with van der Waals surface area (Å²) in [6, 6.07) is 5.85. The van der Waals surface area contributed by atoms with Crippen LogP contribution in [0, 0.1) is 0 Å². The van der Waals surface area contributed by atoms with Crippen molar-refractivity contribution in [2.24, 2.45) is 0 Å².